The van der Waals surface area contributed by atoms with E-state index in [-0.39, 0.29) is 11.1 Å². The van der Waals surface area contributed by atoms with E-state index < -0.39 is 14.4 Å². The van der Waals surface area contributed by atoms with Gasteiger partial charge in [0.2, 0.25) is 0 Å². The molecule has 2 atom stereocenters. The summed E-state index contributed by atoms with van der Waals surface area (Å²) >= 11 is 0. The molecule has 112 valence electrons. The van der Waals surface area contributed by atoms with Crippen molar-refractivity contribution in [3.63, 3.8) is 0 Å². The summed E-state index contributed by atoms with van der Waals surface area (Å²) in [7, 11) is -1.94. The van der Waals surface area contributed by atoms with Gasteiger partial charge in [0.1, 0.15) is 0 Å². The maximum atomic E-state index is 10.4. The third kappa shape index (κ3) is 4.30. The summed E-state index contributed by atoms with van der Waals surface area (Å²) in [5.41, 5.74) is 1.03. The first kappa shape index (κ1) is 17.1. The van der Waals surface area contributed by atoms with Gasteiger partial charge < -0.3 is 9.53 Å². The number of benzene rings is 1. The van der Waals surface area contributed by atoms with Crippen molar-refractivity contribution in [3.8, 4) is 0 Å². The molecule has 0 bridgehead atoms. The van der Waals surface area contributed by atoms with Crippen LogP contribution in [-0.2, 0) is 4.43 Å². The normalized spacial score (nSPS) is 15.7. The largest absolute Gasteiger partial charge is 0.407 e. The summed E-state index contributed by atoms with van der Waals surface area (Å²) in [5.74, 6) is 0. The van der Waals surface area contributed by atoms with Gasteiger partial charge in [-0.05, 0) is 30.1 Å². The second-order valence-electron chi connectivity index (χ2n) is 6.80. The van der Waals surface area contributed by atoms with Crippen molar-refractivity contribution in [2.24, 2.45) is 0 Å². The Balaban J connectivity index is 3.04. The highest BCUT2D eigenvalue weighted by Crippen LogP contribution is 2.40. The Morgan fingerprint density at radius 2 is 1.80 bits per heavy atom. The lowest BCUT2D eigenvalue weighted by molar-refractivity contribution is 0.0286. The fourth-order valence-electron chi connectivity index (χ4n) is 1.80. The Labute approximate surface area is 124 Å². The van der Waals surface area contributed by atoms with Gasteiger partial charge >= 0.3 is 0 Å². The zero-order chi connectivity index (χ0) is 15.4. The molecule has 0 saturated carbocycles. The van der Waals surface area contributed by atoms with Crippen LogP contribution in [0.15, 0.2) is 43.0 Å². The summed E-state index contributed by atoms with van der Waals surface area (Å²) in [6.45, 7) is 14.8. The van der Waals surface area contributed by atoms with Gasteiger partial charge in [0.05, 0.1) is 12.2 Å². The van der Waals surface area contributed by atoms with Crippen molar-refractivity contribution in [3.05, 3.63) is 48.6 Å². The molecule has 0 saturated heterocycles. The van der Waals surface area contributed by atoms with Gasteiger partial charge in [0.25, 0.3) is 0 Å². The lowest BCUT2D eigenvalue weighted by Crippen LogP contribution is -2.43. The fourth-order valence-corrected chi connectivity index (χ4v) is 3.08. The highest BCUT2D eigenvalue weighted by atomic mass is 28.4. The molecule has 3 heteroatoms. The number of hydrogen-bond acceptors (Lipinski definition) is 2. The van der Waals surface area contributed by atoms with E-state index in [9.17, 15) is 5.11 Å². The molecule has 0 aliphatic carbocycles. The molecule has 1 aromatic rings. The van der Waals surface area contributed by atoms with Gasteiger partial charge in [-0.25, -0.2) is 0 Å². The molecule has 0 amide bonds. The molecule has 20 heavy (non-hydrogen) atoms. The highest BCUT2D eigenvalue weighted by Gasteiger charge is 2.40. The van der Waals surface area contributed by atoms with Gasteiger partial charge in [0.15, 0.2) is 8.32 Å². The summed E-state index contributed by atoms with van der Waals surface area (Å²) in [6, 6.07) is 9.98. The SMILES string of the molecule is C=CC[C@H](O)[C@@H](O[Si](C)(C)C(C)(C)C)c1ccccc1. The van der Waals surface area contributed by atoms with E-state index in [0.29, 0.717) is 6.42 Å². The van der Waals surface area contributed by atoms with Crippen LogP contribution in [0.1, 0.15) is 38.9 Å². The van der Waals surface area contributed by atoms with Gasteiger partial charge in [-0.3, -0.25) is 0 Å². The average molecular weight is 292 g/mol. The molecule has 0 unspecified atom stereocenters. The zero-order valence-corrected chi connectivity index (χ0v) is 14.4. The first-order valence-corrected chi connectivity index (χ1v) is 10.1. The van der Waals surface area contributed by atoms with Gasteiger partial charge in [-0.2, -0.15) is 0 Å². The Morgan fingerprint density at radius 1 is 1.25 bits per heavy atom. The van der Waals surface area contributed by atoms with E-state index in [2.05, 4.69) is 40.4 Å². The minimum absolute atomic E-state index is 0.119. The van der Waals surface area contributed by atoms with E-state index in [1.807, 2.05) is 30.3 Å². The smallest absolute Gasteiger partial charge is 0.193 e. The molecule has 2 nitrogen and oxygen atoms in total. The number of hydrogen-bond donors (Lipinski definition) is 1. The van der Waals surface area contributed by atoms with Crippen LogP contribution < -0.4 is 0 Å². The van der Waals surface area contributed by atoms with E-state index in [1.54, 1.807) is 6.08 Å². The lowest BCUT2D eigenvalue weighted by Gasteiger charge is -2.40. The summed E-state index contributed by atoms with van der Waals surface area (Å²) in [5, 5.41) is 10.5. The number of aliphatic hydroxyl groups is 1. The van der Waals surface area contributed by atoms with Crippen LogP contribution in [0, 0.1) is 0 Å². The van der Waals surface area contributed by atoms with Crippen molar-refractivity contribution in [1.82, 2.24) is 0 Å². The first-order valence-electron chi connectivity index (χ1n) is 7.21. The summed E-state index contributed by atoms with van der Waals surface area (Å²) in [6.07, 6.45) is 1.45. The molecule has 1 aromatic carbocycles. The van der Waals surface area contributed by atoms with Gasteiger partial charge in [-0.15, -0.1) is 6.58 Å². The Morgan fingerprint density at radius 3 is 2.25 bits per heavy atom. The topological polar surface area (TPSA) is 29.5 Å². The molecule has 0 fully saturated rings. The van der Waals surface area contributed by atoms with Crippen LogP contribution in [0.25, 0.3) is 0 Å². The van der Waals surface area contributed by atoms with Gasteiger partial charge in [0, 0.05) is 0 Å². The molecule has 0 aliphatic heterocycles. The van der Waals surface area contributed by atoms with E-state index in [0.717, 1.165) is 5.56 Å². The molecular formula is C17H28O2Si. The van der Waals surface area contributed by atoms with Crippen molar-refractivity contribution in [1.29, 1.82) is 0 Å². The second kappa shape index (κ2) is 6.70. The number of rotatable bonds is 6. The molecule has 0 aromatic heterocycles. The van der Waals surface area contributed by atoms with E-state index >= 15 is 0 Å². The molecule has 0 heterocycles. The number of aliphatic hydroxyl groups excluding tert-OH is 1. The van der Waals surface area contributed by atoms with E-state index in [1.165, 1.54) is 0 Å². The van der Waals surface area contributed by atoms with Crippen molar-refractivity contribution in [2.45, 2.75) is 57.5 Å². The van der Waals surface area contributed by atoms with Crippen LogP contribution >= 0.6 is 0 Å². The van der Waals surface area contributed by atoms with Crippen molar-refractivity contribution >= 4 is 8.32 Å². The van der Waals surface area contributed by atoms with Crippen LogP contribution in [0.3, 0.4) is 0 Å². The van der Waals surface area contributed by atoms with Crippen molar-refractivity contribution in [2.75, 3.05) is 0 Å². The van der Waals surface area contributed by atoms with Crippen LogP contribution in [-0.4, -0.2) is 19.5 Å². The Bertz CT molecular complexity index is 420. The molecule has 1 rings (SSSR count). The Kier molecular flexibility index (Phi) is 5.75. The molecule has 0 spiro atoms. The zero-order valence-electron chi connectivity index (χ0n) is 13.4. The quantitative estimate of drug-likeness (QED) is 0.609. The highest BCUT2D eigenvalue weighted by molar-refractivity contribution is 6.74. The summed E-state index contributed by atoms with van der Waals surface area (Å²) in [4.78, 5) is 0. The third-order valence-electron chi connectivity index (χ3n) is 4.11. The van der Waals surface area contributed by atoms with Crippen LogP contribution in [0.5, 0.6) is 0 Å². The minimum Gasteiger partial charge on any atom is -0.407 e. The minimum atomic E-state index is -1.94. The van der Waals surface area contributed by atoms with Crippen LogP contribution in [0.4, 0.5) is 0 Å². The molecule has 1 N–H and O–H groups in total. The standard InChI is InChI=1S/C17H28O2Si/c1-7-11-15(18)16(14-12-9-8-10-13-14)19-20(5,6)17(2,3)4/h7-10,12-13,15-16,18H,1,11H2,2-6H3/t15-,16-/m0/s1. The second-order valence-corrected chi connectivity index (χ2v) is 11.6. The van der Waals surface area contributed by atoms with E-state index in [4.69, 9.17) is 4.43 Å². The maximum absolute atomic E-state index is 10.4. The predicted molar refractivity (Wildman–Crippen MR) is 88.3 cm³/mol. The molecule has 0 aliphatic rings. The molecular weight excluding hydrogens is 264 g/mol. The maximum Gasteiger partial charge on any atom is 0.193 e. The monoisotopic (exact) mass is 292 g/mol. The average Bonchev–Trinajstić information content (AvgIpc) is 2.36. The van der Waals surface area contributed by atoms with Crippen molar-refractivity contribution < 1.29 is 9.53 Å². The lowest BCUT2D eigenvalue weighted by atomic mass is 10.0. The predicted octanol–water partition coefficient (Wildman–Crippen LogP) is 4.69. The first-order chi connectivity index (χ1) is 9.19. The van der Waals surface area contributed by atoms with Crippen LogP contribution in [0.2, 0.25) is 18.1 Å². The fraction of sp³-hybridized carbons (Fsp3) is 0.529. The third-order valence-corrected chi connectivity index (χ3v) is 8.57. The van der Waals surface area contributed by atoms with Gasteiger partial charge in [-0.1, -0.05) is 57.2 Å². The Hall–Kier alpha value is -0.903. The molecule has 0 radical (unpaired) electrons. The summed E-state index contributed by atoms with van der Waals surface area (Å²) < 4.78 is 6.44.